The molecule has 1 unspecified atom stereocenters. The number of aliphatic carboxylic acids is 1. The number of nitrogens with zero attached hydrogens (tertiary/aromatic N) is 3. The summed E-state index contributed by atoms with van der Waals surface area (Å²) >= 11 is 0. The standard InChI is InChI=1S/C30H35FN4O5/c1-29(2,3)24(27(38)39)35-16-15-34-26(37)23(40-18-20-9-7-6-8-10-20)22(33-28(34)30(35,4)5)25(36)32-17-19-11-13-21(31)14-12-19/h6-14,24H,15-18H2,1-5H3,(H,32,36)(H,38,39). The molecule has 1 aliphatic heterocycles. The quantitative estimate of drug-likeness (QED) is 0.437. The molecule has 9 nitrogen and oxygen atoms in total. The van der Waals surface area contributed by atoms with E-state index in [1.807, 2.05) is 56.0 Å². The number of hydrogen-bond acceptors (Lipinski definition) is 6. The van der Waals surface area contributed by atoms with E-state index in [1.165, 1.54) is 16.7 Å². The highest BCUT2D eigenvalue weighted by Gasteiger charge is 2.48. The van der Waals surface area contributed by atoms with E-state index < -0.39 is 40.2 Å². The van der Waals surface area contributed by atoms with Gasteiger partial charge in [0.1, 0.15) is 24.3 Å². The number of carbonyl (C=O) groups is 2. The van der Waals surface area contributed by atoms with Gasteiger partial charge >= 0.3 is 5.97 Å². The maximum absolute atomic E-state index is 13.8. The number of carbonyl (C=O) groups excluding carboxylic acids is 1. The van der Waals surface area contributed by atoms with Gasteiger partial charge in [0.2, 0.25) is 5.75 Å². The van der Waals surface area contributed by atoms with Crippen molar-refractivity contribution in [2.75, 3.05) is 6.54 Å². The van der Waals surface area contributed by atoms with Gasteiger partial charge in [0, 0.05) is 19.6 Å². The third-order valence-electron chi connectivity index (χ3n) is 7.13. The minimum absolute atomic E-state index is 0.0516. The van der Waals surface area contributed by atoms with Gasteiger partial charge in [0.05, 0.1) is 5.54 Å². The maximum Gasteiger partial charge on any atom is 0.321 e. The SMILES string of the molecule is CC(C)(C)C(C(=O)O)N1CCn2c(nc(C(=O)NCc3ccc(F)cc3)c(OCc3ccccc3)c2=O)C1(C)C. The Morgan fingerprint density at radius 2 is 1.73 bits per heavy atom. The molecule has 2 N–H and O–H groups in total. The molecule has 0 aliphatic carbocycles. The summed E-state index contributed by atoms with van der Waals surface area (Å²) in [6.07, 6.45) is 0. The van der Waals surface area contributed by atoms with E-state index >= 15 is 0 Å². The Labute approximate surface area is 232 Å². The Bertz CT molecular complexity index is 1450. The van der Waals surface area contributed by atoms with Gasteiger partial charge in [0.15, 0.2) is 5.69 Å². The van der Waals surface area contributed by atoms with Crippen LogP contribution in [0.25, 0.3) is 0 Å². The molecule has 0 fully saturated rings. The van der Waals surface area contributed by atoms with Crippen LogP contribution in [0.15, 0.2) is 59.4 Å². The van der Waals surface area contributed by atoms with Crippen LogP contribution in [0.1, 0.15) is 62.1 Å². The van der Waals surface area contributed by atoms with Crippen LogP contribution in [0, 0.1) is 11.2 Å². The number of halogens is 1. The Balaban J connectivity index is 1.76. The van der Waals surface area contributed by atoms with Crippen LogP contribution in [-0.4, -0.2) is 44.0 Å². The highest BCUT2D eigenvalue weighted by Crippen LogP contribution is 2.37. The number of benzene rings is 2. The van der Waals surface area contributed by atoms with E-state index in [1.54, 1.807) is 26.0 Å². The predicted molar refractivity (Wildman–Crippen MR) is 147 cm³/mol. The molecule has 1 aromatic heterocycles. The summed E-state index contributed by atoms with van der Waals surface area (Å²) in [6, 6.07) is 14.1. The smallest absolute Gasteiger partial charge is 0.321 e. The molecule has 2 aromatic carbocycles. The molecular formula is C30H35FN4O5. The summed E-state index contributed by atoms with van der Waals surface area (Å²) in [6.45, 7) is 9.78. The van der Waals surface area contributed by atoms with Gasteiger partial charge in [-0.15, -0.1) is 0 Å². The van der Waals surface area contributed by atoms with Crippen molar-refractivity contribution in [2.24, 2.45) is 5.41 Å². The molecule has 1 aliphatic rings. The van der Waals surface area contributed by atoms with E-state index in [0.29, 0.717) is 12.1 Å². The summed E-state index contributed by atoms with van der Waals surface area (Å²) < 4.78 is 20.7. The fourth-order valence-corrected chi connectivity index (χ4v) is 5.13. The maximum atomic E-state index is 13.8. The Hall–Kier alpha value is -4.05. The number of nitrogens with one attached hydrogen (secondary N) is 1. The van der Waals surface area contributed by atoms with E-state index in [2.05, 4.69) is 10.3 Å². The highest BCUT2D eigenvalue weighted by atomic mass is 19.1. The number of fused-ring (bicyclic) bond motifs is 1. The van der Waals surface area contributed by atoms with Crippen LogP contribution in [-0.2, 0) is 30.0 Å². The first kappa shape index (κ1) is 28.9. The van der Waals surface area contributed by atoms with Crippen LogP contribution >= 0.6 is 0 Å². The molecule has 2 heterocycles. The fraction of sp³-hybridized carbons (Fsp3) is 0.400. The molecule has 0 radical (unpaired) electrons. The fourth-order valence-electron chi connectivity index (χ4n) is 5.13. The first-order valence-corrected chi connectivity index (χ1v) is 13.1. The largest absolute Gasteiger partial charge is 0.481 e. The van der Waals surface area contributed by atoms with Crippen molar-refractivity contribution in [3.63, 3.8) is 0 Å². The topological polar surface area (TPSA) is 114 Å². The second-order valence-electron chi connectivity index (χ2n) is 11.5. The van der Waals surface area contributed by atoms with Gasteiger partial charge in [-0.1, -0.05) is 63.2 Å². The van der Waals surface area contributed by atoms with Gasteiger partial charge in [-0.2, -0.15) is 0 Å². The summed E-state index contributed by atoms with van der Waals surface area (Å²) in [5.74, 6) is -1.90. The molecule has 0 saturated carbocycles. The third kappa shape index (κ3) is 5.91. The lowest BCUT2D eigenvalue weighted by atomic mass is 9.82. The molecule has 3 aromatic rings. The van der Waals surface area contributed by atoms with Gasteiger partial charge < -0.3 is 15.2 Å². The van der Waals surface area contributed by atoms with Crippen molar-refractivity contribution in [1.82, 2.24) is 19.8 Å². The van der Waals surface area contributed by atoms with Crippen LogP contribution in [0.3, 0.4) is 0 Å². The first-order valence-electron chi connectivity index (χ1n) is 13.1. The van der Waals surface area contributed by atoms with Crippen molar-refractivity contribution in [3.8, 4) is 5.75 Å². The van der Waals surface area contributed by atoms with Crippen LogP contribution in [0.5, 0.6) is 5.75 Å². The van der Waals surface area contributed by atoms with Gasteiger partial charge in [-0.25, -0.2) is 9.37 Å². The van der Waals surface area contributed by atoms with Crippen molar-refractivity contribution in [3.05, 3.63) is 93.4 Å². The second-order valence-corrected chi connectivity index (χ2v) is 11.5. The number of carboxylic acid groups (broad SMARTS) is 1. The zero-order valence-corrected chi connectivity index (χ0v) is 23.4. The normalized spacial score (nSPS) is 15.7. The molecule has 0 spiro atoms. The summed E-state index contributed by atoms with van der Waals surface area (Å²) in [5, 5.41) is 12.9. The van der Waals surface area contributed by atoms with E-state index in [-0.39, 0.29) is 37.0 Å². The molecule has 40 heavy (non-hydrogen) atoms. The Kier molecular flexibility index (Phi) is 8.11. The van der Waals surface area contributed by atoms with Crippen molar-refractivity contribution in [1.29, 1.82) is 0 Å². The number of carboxylic acids is 1. The number of amides is 1. The average Bonchev–Trinajstić information content (AvgIpc) is 2.89. The van der Waals surface area contributed by atoms with Crippen LogP contribution in [0.2, 0.25) is 0 Å². The minimum Gasteiger partial charge on any atom is -0.481 e. The second kappa shape index (κ2) is 11.2. The lowest BCUT2D eigenvalue weighted by Gasteiger charge is -2.49. The molecular weight excluding hydrogens is 515 g/mol. The lowest BCUT2D eigenvalue weighted by Crippen LogP contribution is -2.61. The van der Waals surface area contributed by atoms with Crippen molar-refractivity contribution < 1.29 is 23.8 Å². The molecule has 0 bridgehead atoms. The molecule has 10 heteroatoms. The highest BCUT2D eigenvalue weighted by molar-refractivity contribution is 5.94. The Morgan fingerprint density at radius 1 is 1.07 bits per heavy atom. The van der Waals surface area contributed by atoms with Crippen LogP contribution in [0.4, 0.5) is 4.39 Å². The van der Waals surface area contributed by atoms with Crippen molar-refractivity contribution >= 4 is 11.9 Å². The third-order valence-corrected chi connectivity index (χ3v) is 7.13. The first-order chi connectivity index (χ1) is 18.8. The predicted octanol–water partition coefficient (Wildman–Crippen LogP) is 3.94. The minimum atomic E-state index is -1.00. The zero-order chi connectivity index (χ0) is 29.2. The van der Waals surface area contributed by atoms with Crippen molar-refractivity contribution in [2.45, 2.75) is 65.9 Å². The molecule has 1 amide bonds. The molecule has 0 saturated heterocycles. The number of rotatable bonds is 8. The van der Waals surface area contributed by atoms with Gasteiger partial charge in [0.25, 0.3) is 11.5 Å². The number of hydrogen-bond donors (Lipinski definition) is 2. The molecule has 1 atom stereocenters. The Morgan fingerprint density at radius 3 is 2.33 bits per heavy atom. The van der Waals surface area contributed by atoms with E-state index in [0.717, 1.165) is 5.56 Å². The summed E-state index contributed by atoms with van der Waals surface area (Å²) in [4.78, 5) is 46.1. The van der Waals surface area contributed by atoms with Gasteiger partial charge in [-0.3, -0.25) is 23.9 Å². The molecule has 212 valence electrons. The monoisotopic (exact) mass is 550 g/mol. The van der Waals surface area contributed by atoms with E-state index in [4.69, 9.17) is 4.74 Å². The average molecular weight is 551 g/mol. The van der Waals surface area contributed by atoms with E-state index in [9.17, 15) is 23.9 Å². The summed E-state index contributed by atoms with van der Waals surface area (Å²) in [5.41, 5.74) is -0.840. The zero-order valence-electron chi connectivity index (χ0n) is 23.4. The van der Waals surface area contributed by atoms with Crippen LogP contribution < -0.4 is 15.6 Å². The van der Waals surface area contributed by atoms with Gasteiger partial charge in [-0.05, 0) is 42.5 Å². The number of ether oxygens (including phenoxy) is 1. The lowest BCUT2D eigenvalue weighted by molar-refractivity contribution is -0.153. The molecule has 4 rings (SSSR count). The summed E-state index contributed by atoms with van der Waals surface area (Å²) in [7, 11) is 0. The number of aromatic nitrogens is 2.